The highest BCUT2D eigenvalue weighted by molar-refractivity contribution is 7.10. The number of nitrogens with one attached hydrogen (secondary N) is 2. The molecule has 0 bridgehead atoms. The van der Waals surface area contributed by atoms with Crippen molar-refractivity contribution < 1.29 is 14.3 Å². The lowest BCUT2D eigenvalue weighted by molar-refractivity contribution is -0.122. The van der Waals surface area contributed by atoms with E-state index < -0.39 is 18.0 Å². The van der Waals surface area contributed by atoms with Gasteiger partial charge in [-0.3, -0.25) is 15.4 Å². The smallest absolute Gasteiger partial charge is 0.413 e. The second-order valence-corrected chi connectivity index (χ2v) is 6.79. The van der Waals surface area contributed by atoms with Crippen LogP contribution >= 0.6 is 11.3 Å². The van der Waals surface area contributed by atoms with Gasteiger partial charge in [-0.2, -0.15) is 0 Å². The van der Waals surface area contributed by atoms with Crippen molar-refractivity contribution in [1.29, 1.82) is 0 Å². The SMILES string of the molecule is CCCc1ccc([C@@H](N[C@H](C)C(=O)NC(=O)OC)c2cccs2)cc1. The van der Waals surface area contributed by atoms with Gasteiger partial charge in [0.2, 0.25) is 5.91 Å². The van der Waals surface area contributed by atoms with Gasteiger partial charge >= 0.3 is 6.09 Å². The van der Waals surface area contributed by atoms with Gasteiger partial charge in [0.05, 0.1) is 19.2 Å². The summed E-state index contributed by atoms with van der Waals surface area (Å²) in [7, 11) is 1.23. The lowest BCUT2D eigenvalue weighted by Gasteiger charge is -2.22. The first-order valence-electron chi connectivity index (χ1n) is 8.32. The Labute approximate surface area is 152 Å². The van der Waals surface area contributed by atoms with Crippen LogP contribution in [-0.4, -0.2) is 25.2 Å². The van der Waals surface area contributed by atoms with Gasteiger partial charge in [0, 0.05) is 4.88 Å². The molecule has 6 heteroatoms. The monoisotopic (exact) mass is 360 g/mol. The summed E-state index contributed by atoms with van der Waals surface area (Å²) in [5.74, 6) is -0.420. The van der Waals surface area contributed by atoms with E-state index in [4.69, 9.17) is 0 Å². The van der Waals surface area contributed by atoms with Crippen molar-refractivity contribution in [1.82, 2.24) is 10.6 Å². The molecule has 0 aliphatic carbocycles. The van der Waals surface area contributed by atoms with E-state index in [0.29, 0.717) is 0 Å². The number of hydrogen-bond acceptors (Lipinski definition) is 5. The lowest BCUT2D eigenvalue weighted by Crippen LogP contribution is -2.45. The Morgan fingerprint density at radius 2 is 1.92 bits per heavy atom. The minimum atomic E-state index is -0.754. The van der Waals surface area contributed by atoms with E-state index in [1.807, 2.05) is 17.5 Å². The molecule has 0 fully saturated rings. The summed E-state index contributed by atoms with van der Waals surface area (Å²) in [6, 6.07) is 11.8. The molecule has 2 aromatic rings. The van der Waals surface area contributed by atoms with Gasteiger partial charge in [-0.1, -0.05) is 43.7 Å². The highest BCUT2D eigenvalue weighted by Gasteiger charge is 2.22. The zero-order valence-corrected chi connectivity index (χ0v) is 15.6. The predicted octanol–water partition coefficient (Wildman–Crippen LogP) is 3.65. The van der Waals surface area contributed by atoms with Gasteiger partial charge in [-0.25, -0.2) is 4.79 Å². The minimum Gasteiger partial charge on any atom is -0.453 e. The van der Waals surface area contributed by atoms with Gasteiger partial charge in [0.25, 0.3) is 0 Å². The molecule has 0 saturated heterocycles. The minimum absolute atomic E-state index is 0.117. The van der Waals surface area contributed by atoms with Crippen molar-refractivity contribution in [3.8, 4) is 0 Å². The number of benzene rings is 1. The lowest BCUT2D eigenvalue weighted by atomic mass is 10.0. The van der Waals surface area contributed by atoms with Gasteiger partial charge in [0.1, 0.15) is 0 Å². The first-order valence-corrected chi connectivity index (χ1v) is 9.20. The molecule has 0 saturated carbocycles. The maximum Gasteiger partial charge on any atom is 0.413 e. The van der Waals surface area contributed by atoms with Gasteiger partial charge in [-0.15, -0.1) is 11.3 Å². The van der Waals surface area contributed by atoms with E-state index in [-0.39, 0.29) is 6.04 Å². The fourth-order valence-electron chi connectivity index (χ4n) is 2.55. The second-order valence-electron chi connectivity index (χ2n) is 5.81. The number of amides is 2. The second kappa shape index (κ2) is 9.34. The fraction of sp³-hybridized carbons (Fsp3) is 0.368. The normalized spacial score (nSPS) is 13.1. The third-order valence-electron chi connectivity index (χ3n) is 3.90. The third kappa shape index (κ3) is 5.41. The Balaban J connectivity index is 2.16. The molecule has 5 nitrogen and oxygen atoms in total. The molecule has 2 atom stereocenters. The number of alkyl carbamates (subject to hydrolysis) is 1. The summed E-state index contributed by atoms with van der Waals surface area (Å²) in [6.07, 6.45) is 1.40. The van der Waals surface area contributed by atoms with E-state index in [2.05, 4.69) is 46.6 Å². The number of methoxy groups -OCH3 is 1. The molecule has 1 aromatic carbocycles. The van der Waals surface area contributed by atoms with Crippen LogP contribution in [-0.2, 0) is 16.0 Å². The Bertz CT molecular complexity index is 683. The molecule has 2 N–H and O–H groups in total. The number of ether oxygens (including phenoxy) is 1. The third-order valence-corrected chi connectivity index (χ3v) is 4.84. The molecule has 2 rings (SSSR count). The van der Waals surface area contributed by atoms with E-state index in [1.165, 1.54) is 12.7 Å². The highest BCUT2D eigenvalue weighted by atomic mass is 32.1. The van der Waals surface area contributed by atoms with Crippen molar-refractivity contribution in [2.75, 3.05) is 7.11 Å². The maximum atomic E-state index is 12.1. The number of imide groups is 1. The van der Waals surface area contributed by atoms with Crippen LogP contribution in [0.15, 0.2) is 41.8 Å². The first kappa shape index (κ1) is 19.1. The zero-order chi connectivity index (χ0) is 18.2. The van der Waals surface area contributed by atoms with Crippen molar-refractivity contribution in [2.45, 2.75) is 38.8 Å². The fourth-order valence-corrected chi connectivity index (χ4v) is 3.36. The number of thiophene rings is 1. The van der Waals surface area contributed by atoms with Crippen LogP contribution in [0.5, 0.6) is 0 Å². The summed E-state index contributed by atoms with van der Waals surface area (Å²) in [6.45, 7) is 3.88. The molecule has 0 aliphatic rings. The average Bonchev–Trinajstić information content (AvgIpc) is 3.14. The molecular weight excluding hydrogens is 336 g/mol. The van der Waals surface area contributed by atoms with Crippen LogP contribution in [0.3, 0.4) is 0 Å². The summed E-state index contributed by atoms with van der Waals surface area (Å²) in [4.78, 5) is 24.5. The standard InChI is InChI=1S/C19H24N2O3S/c1-4-6-14-8-10-15(11-9-14)17(16-7-5-12-25-16)20-13(2)18(22)21-19(23)24-3/h5,7-13,17,20H,4,6H2,1-3H3,(H,21,22,23)/t13-,17-/m1/s1. The number of carbonyl (C=O) groups is 2. The molecule has 0 aliphatic heterocycles. The molecule has 0 radical (unpaired) electrons. The maximum absolute atomic E-state index is 12.1. The van der Waals surface area contributed by atoms with Gasteiger partial charge < -0.3 is 4.74 Å². The van der Waals surface area contributed by atoms with Gasteiger partial charge in [0.15, 0.2) is 0 Å². The number of rotatable bonds is 7. The quantitative estimate of drug-likeness (QED) is 0.791. The van der Waals surface area contributed by atoms with Crippen molar-refractivity contribution in [3.05, 3.63) is 57.8 Å². The van der Waals surface area contributed by atoms with E-state index in [1.54, 1.807) is 18.3 Å². The Hall–Kier alpha value is -2.18. The van der Waals surface area contributed by atoms with Crippen molar-refractivity contribution >= 4 is 23.3 Å². The zero-order valence-electron chi connectivity index (χ0n) is 14.7. The van der Waals surface area contributed by atoms with E-state index in [9.17, 15) is 9.59 Å². The van der Waals surface area contributed by atoms with Crippen molar-refractivity contribution in [3.63, 3.8) is 0 Å². The molecule has 134 valence electrons. The summed E-state index contributed by atoms with van der Waals surface area (Å²) < 4.78 is 4.47. The molecule has 0 unspecified atom stereocenters. The van der Waals surface area contributed by atoms with E-state index in [0.717, 1.165) is 23.3 Å². The average molecular weight is 360 g/mol. The molecule has 0 spiro atoms. The molecule has 1 aromatic heterocycles. The molecular formula is C19H24N2O3S. The van der Waals surface area contributed by atoms with E-state index >= 15 is 0 Å². The largest absolute Gasteiger partial charge is 0.453 e. The number of aryl methyl sites for hydroxylation is 1. The van der Waals surface area contributed by atoms with Crippen molar-refractivity contribution in [2.24, 2.45) is 0 Å². The Kier molecular flexibility index (Phi) is 7.16. The first-order chi connectivity index (χ1) is 12.0. The molecule has 2 amide bonds. The molecule has 1 heterocycles. The summed E-state index contributed by atoms with van der Waals surface area (Å²) >= 11 is 1.63. The number of carbonyl (C=O) groups excluding carboxylic acids is 2. The van der Waals surface area contributed by atoms with Crippen LogP contribution in [0.4, 0.5) is 4.79 Å². The molecule has 25 heavy (non-hydrogen) atoms. The summed E-state index contributed by atoms with van der Waals surface area (Å²) in [5, 5.41) is 7.51. The Morgan fingerprint density at radius 3 is 2.48 bits per heavy atom. The van der Waals surface area contributed by atoms with Crippen LogP contribution in [0.2, 0.25) is 0 Å². The van der Waals surface area contributed by atoms with Crippen LogP contribution in [0.1, 0.15) is 42.3 Å². The predicted molar refractivity (Wildman–Crippen MR) is 99.7 cm³/mol. The van der Waals surface area contributed by atoms with Crippen LogP contribution in [0.25, 0.3) is 0 Å². The van der Waals surface area contributed by atoms with Crippen LogP contribution in [0, 0.1) is 0 Å². The summed E-state index contributed by atoms with van der Waals surface area (Å²) in [5.41, 5.74) is 2.38. The topological polar surface area (TPSA) is 67.4 Å². The number of hydrogen-bond donors (Lipinski definition) is 2. The van der Waals surface area contributed by atoms with Crippen LogP contribution < -0.4 is 10.6 Å². The highest BCUT2D eigenvalue weighted by Crippen LogP contribution is 2.27. The Morgan fingerprint density at radius 1 is 1.20 bits per heavy atom. The van der Waals surface area contributed by atoms with Gasteiger partial charge in [-0.05, 0) is 35.9 Å².